The number of anilines is 2. The molecule has 8 nitrogen and oxygen atoms in total. The van der Waals surface area contributed by atoms with Gasteiger partial charge in [-0.05, 0) is 60.7 Å². The van der Waals surface area contributed by atoms with Gasteiger partial charge in [0, 0.05) is 36.3 Å². The molecule has 1 fully saturated rings. The quantitative estimate of drug-likeness (QED) is 0.468. The van der Waals surface area contributed by atoms with E-state index in [1.54, 1.807) is 19.2 Å². The molecule has 0 radical (unpaired) electrons. The molecule has 0 bridgehead atoms. The molecule has 0 aromatic heterocycles. The van der Waals surface area contributed by atoms with Crippen LogP contribution in [0.3, 0.4) is 0 Å². The van der Waals surface area contributed by atoms with E-state index in [-0.39, 0.29) is 15.5 Å². The Labute approximate surface area is 208 Å². The van der Waals surface area contributed by atoms with Crippen LogP contribution in [0.2, 0.25) is 0 Å². The van der Waals surface area contributed by atoms with Crippen molar-refractivity contribution in [2.75, 3.05) is 42.9 Å². The number of para-hydroxylation sites is 2. The number of piperazine rings is 1. The van der Waals surface area contributed by atoms with Crippen LogP contribution in [0, 0.1) is 0 Å². The van der Waals surface area contributed by atoms with Crippen molar-refractivity contribution in [1.82, 2.24) is 4.31 Å². The van der Waals surface area contributed by atoms with Gasteiger partial charge in [0.25, 0.3) is 10.0 Å². The molecule has 180 valence electrons. The monoisotopic (exact) mass is 565 g/mol. The topological polar surface area (TPSA) is 96.0 Å². The molecule has 1 saturated heterocycles. The molecule has 1 N–H and O–H groups in total. The van der Waals surface area contributed by atoms with E-state index in [0.29, 0.717) is 26.2 Å². The number of hydrogen-bond donors (Lipinski definition) is 1. The van der Waals surface area contributed by atoms with E-state index in [9.17, 15) is 16.8 Å². The Morgan fingerprint density at radius 1 is 0.794 bits per heavy atom. The van der Waals surface area contributed by atoms with Crippen LogP contribution in [0.15, 0.2) is 87.1 Å². The van der Waals surface area contributed by atoms with Crippen molar-refractivity contribution in [3.05, 3.63) is 77.3 Å². The van der Waals surface area contributed by atoms with Gasteiger partial charge in [-0.25, -0.2) is 16.8 Å². The zero-order chi connectivity index (χ0) is 24.3. The van der Waals surface area contributed by atoms with Crippen molar-refractivity contribution in [1.29, 1.82) is 0 Å². The molecule has 3 aromatic carbocycles. The summed E-state index contributed by atoms with van der Waals surface area (Å²) in [5.74, 6) is 0.750. The van der Waals surface area contributed by atoms with Gasteiger partial charge in [0.2, 0.25) is 10.0 Å². The third-order valence-electron chi connectivity index (χ3n) is 5.53. The van der Waals surface area contributed by atoms with E-state index >= 15 is 0 Å². The van der Waals surface area contributed by atoms with Gasteiger partial charge in [-0.1, -0.05) is 28.1 Å². The van der Waals surface area contributed by atoms with Crippen molar-refractivity contribution >= 4 is 47.4 Å². The lowest BCUT2D eigenvalue weighted by Crippen LogP contribution is -2.48. The van der Waals surface area contributed by atoms with Gasteiger partial charge in [-0.3, -0.25) is 4.72 Å². The first-order chi connectivity index (χ1) is 16.2. The Balaban J connectivity index is 1.44. The molecule has 1 aliphatic rings. The first-order valence-corrected chi connectivity index (χ1v) is 14.2. The van der Waals surface area contributed by atoms with E-state index in [1.807, 2.05) is 24.3 Å². The molecule has 0 unspecified atom stereocenters. The summed E-state index contributed by atoms with van der Waals surface area (Å²) in [5, 5.41) is 0. The second-order valence-corrected chi connectivity index (χ2v) is 12.2. The van der Waals surface area contributed by atoms with E-state index in [0.717, 1.165) is 15.9 Å². The fourth-order valence-corrected chi connectivity index (χ4v) is 6.48. The highest BCUT2D eigenvalue weighted by Crippen LogP contribution is 2.29. The molecule has 11 heteroatoms. The van der Waals surface area contributed by atoms with Gasteiger partial charge in [-0.15, -0.1) is 0 Å². The first kappa shape index (κ1) is 24.5. The molecular weight excluding hydrogens is 542 g/mol. The van der Waals surface area contributed by atoms with Crippen molar-refractivity contribution in [3.63, 3.8) is 0 Å². The molecule has 0 amide bonds. The summed E-state index contributed by atoms with van der Waals surface area (Å²) >= 11 is 3.28. The Kier molecular flexibility index (Phi) is 7.17. The minimum absolute atomic E-state index is 0.111. The summed E-state index contributed by atoms with van der Waals surface area (Å²) < 4.78 is 61.5. The number of sulfonamides is 2. The van der Waals surface area contributed by atoms with Crippen LogP contribution in [0.4, 0.5) is 11.4 Å². The Hall–Kier alpha value is -2.60. The second kappa shape index (κ2) is 9.95. The fourth-order valence-electron chi connectivity index (χ4n) is 3.73. The summed E-state index contributed by atoms with van der Waals surface area (Å²) in [6.45, 7) is 1.73. The summed E-state index contributed by atoms with van der Waals surface area (Å²) in [6, 6.07) is 19.6. The molecule has 1 heterocycles. The minimum Gasteiger partial charge on any atom is -0.495 e. The lowest BCUT2D eigenvalue weighted by atomic mass is 10.2. The Morgan fingerprint density at radius 3 is 2.00 bits per heavy atom. The predicted molar refractivity (Wildman–Crippen MR) is 135 cm³/mol. The molecule has 1 aliphatic heterocycles. The molecule has 0 spiro atoms. The molecule has 0 aliphatic carbocycles. The van der Waals surface area contributed by atoms with Crippen LogP contribution in [-0.2, 0) is 20.0 Å². The smallest absolute Gasteiger partial charge is 0.261 e. The van der Waals surface area contributed by atoms with Crippen LogP contribution in [0.25, 0.3) is 0 Å². The highest BCUT2D eigenvalue weighted by Gasteiger charge is 2.29. The van der Waals surface area contributed by atoms with Gasteiger partial charge in [0.05, 0.1) is 22.6 Å². The number of methoxy groups -OCH3 is 1. The number of rotatable bonds is 7. The Bertz CT molecular complexity index is 1350. The van der Waals surface area contributed by atoms with Gasteiger partial charge in [0.1, 0.15) is 5.75 Å². The van der Waals surface area contributed by atoms with Crippen molar-refractivity contribution in [2.45, 2.75) is 9.79 Å². The first-order valence-electron chi connectivity index (χ1n) is 10.5. The van der Waals surface area contributed by atoms with Gasteiger partial charge >= 0.3 is 0 Å². The van der Waals surface area contributed by atoms with Crippen molar-refractivity contribution in [2.24, 2.45) is 0 Å². The highest BCUT2D eigenvalue weighted by atomic mass is 79.9. The SMILES string of the molecule is COc1ccccc1N1CCN(S(=O)(=O)c2ccc(NS(=O)(=O)c3ccc(Br)cc3)cc2)CC1. The van der Waals surface area contributed by atoms with E-state index in [2.05, 4.69) is 25.6 Å². The van der Waals surface area contributed by atoms with E-state index in [4.69, 9.17) is 4.74 Å². The summed E-state index contributed by atoms with van der Waals surface area (Å²) in [5.41, 5.74) is 1.22. The summed E-state index contributed by atoms with van der Waals surface area (Å²) in [6.07, 6.45) is 0. The van der Waals surface area contributed by atoms with Crippen LogP contribution in [0.5, 0.6) is 5.75 Å². The molecule has 0 saturated carbocycles. The second-order valence-electron chi connectivity index (χ2n) is 7.65. The summed E-state index contributed by atoms with van der Waals surface area (Å²) in [4.78, 5) is 2.33. The van der Waals surface area contributed by atoms with Gasteiger partial charge in [-0.2, -0.15) is 4.31 Å². The van der Waals surface area contributed by atoms with Crippen LogP contribution in [0.1, 0.15) is 0 Å². The predicted octanol–water partition coefficient (Wildman–Crippen LogP) is 3.77. The lowest BCUT2D eigenvalue weighted by molar-refractivity contribution is 0.378. The number of benzene rings is 3. The number of nitrogens with zero attached hydrogens (tertiary/aromatic N) is 2. The third-order valence-corrected chi connectivity index (χ3v) is 9.37. The van der Waals surface area contributed by atoms with Crippen molar-refractivity contribution in [3.8, 4) is 5.75 Å². The molecular formula is C23H24BrN3O5S2. The summed E-state index contributed by atoms with van der Waals surface area (Å²) in [7, 11) is -5.88. The highest BCUT2D eigenvalue weighted by molar-refractivity contribution is 9.10. The lowest BCUT2D eigenvalue weighted by Gasteiger charge is -2.35. The van der Waals surface area contributed by atoms with Crippen LogP contribution >= 0.6 is 15.9 Å². The maximum Gasteiger partial charge on any atom is 0.261 e. The van der Waals surface area contributed by atoms with E-state index < -0.39 is 20.0 Å². The maximum absolute atomic E-state index is 13.1. The Morgan fingerprint density at radius 2 is 1.38 bits per heavy atom. The maximum atomic E-state index is 13.1. The van der Waals surface area contributed by atoms with E-state index in [1.165, 1.54) is 40.7 Å². The zero-order valence-corrected chi connectivity index (χ0v) is 21.6. The standard InChI is InChI=1S/C23H24BrN3O5S2/c1-32-23-5-3-2-4-22(23)26-14-16-27(17-15-26)34(30,31)21-12-8-19(9-13-21)25-33(28,29)20-10-6-18(24)7-11-20/h2-13,25H,14-17H2,1H3. The average Bonchev–Trinajstić information content (AvgIpc) is 2.84. The zero-order valence-electron chi connectivity index (χ0n) is 18.4. The fraction of sp³-hybridized carbons (Fsp3) is 0.217. The van der Waals surface area contributed by atoms with Crippen LogP contribution < -0.4 is 14.4 Å². The van der Waals surface area contributed by atoms with Gasteiger partial charge < -0.3 is 9.64 Å². The molecule has 34 heavy (non-hydrogen) atoms. The van der Waals surface area contributed by atoms with Gasteiger partial charge in [0.15, 0.2) is 0 Å². The number of hydrogen-bond acceptors (Lipinski definition) is 6. The number of nitrogens with one attached hydrogen (secondary N) is 1. The largest absolute Gasteiger partial charge is 0.495 e. The molecule has 0 atom stereocenters. The minimum atomic E-state index is -3.78. The number of halogens is 1. The third kappa shape index (κ3) is 5.22. The molecule has 3 aromatic rings. The number of ether oxygens (including phenoxy) is 1. The average molecular weight is 566 g/mol. The van der Waals surface area contributed by atoms with Crippen molar-refractivity contribution < 1.29 is 21.6 Å². The normalized spacial score (nSPS) is 15.2. The molecule has 4 rings (SSSR count). The van der Waals surface area contributed by atoms with Crippen LogP contribution in [-0.4, -0.2) is 54.4 Å².